The number of rotatable bonds is 1. The van der Waals surface area contributed by atoms with Crippen LogP contribution in [0.15, 0.2) is 12.1 Å². The van der Waals surface area contributed by atoms with Crippen molar-refractivity contribution < 1.29 is 0 Å². The minimum Gasteiger partial charge on any atom is -0.370 e. The Labute approximate surface area is 99.9 Å². The minimum atomic E-state index is 0.286. The maximum atomic E-state index is 9.14. The first-order valence-corrected chi connectivity index (χ1v) is 5.43. The number of anilines is 1. The zero-order chi connectivity index (χ0) is 12.3. The maximum absolute atomic E-state index is 9.14. The lowest BCUT2D eigenvalue weighted by Gasteiger charge is -2.19. The summed E-state index contributed by atoms with van der Waals surface area (Å²) in [5.41, 5.74) is 1.82. The second-order valence-corrected chi connectivity index (χ2v) is 3.95. The maximum Gasteiger partial charge on any atom is 0.103 e. The van der Waals surface area contributed by atoms with Crippen LogP contribution in [-0.4, -0.2) is 13.1 Å². The van der Waals surface area contributed by atoms with E-state index < -0.39 is 0 Å². The van der Waals surface area contributed by atoms with E-state index in [2.05, 4.69) is 11.0 Å². The normalized spacial score (nSPS) is 13.8. The van der Waals surface area contributed by atoms with Crippen LogP contribution in [0, 0.1) is 34.0 Å². The van der Waals surface area contributed by atoms with E-state index in [1.807, 2.05) is 12.1 Å². The molecule has 0 spiro atoms. The van der Waals surface area contributed by atoms with Crippen LogP contribution < -0.4 is 4.90 Å². The van der Waals surface area contributed by atoms with Crippen molar-refractivity contribution in [2.45, 2.75) is 12.8 Å². The summed E-state index contributed by atoms with van der Waals surface area (Å²) in [4.78, 5) is 2.07. The molecule has 4 heteroatoms. The highest BCUT2D eigenvalue weighted by molar-refractivity contribution is 5.68. The van der Waals surface area contributed by atoms with Gasteiger partial charge < -0.3 is 4.90 Å². The van der Waals surface area contributed by atoms with Gasteiger partial charge in [0.1, 0.15) is 12.1 Å². The molecule has 0 N–H and O–H groups in total. The van der Waals surface area contributed by atoms with E-state index in [1.54, 1.807) is 6.07 Å². The summed E-state index contributed by atoms with van der Waals surface area (Å²) in [5.74, 6) is 0. The molecule has 0 aromatic heterocycles. The predicted molar refractivity (Wildman–Crippen MR) is 62.0 cm³/mol. The Kier molecular flexibility index (Phi) is 2.95. The number of benzene rings is 1. The molecular formula is C13H10N4. The number of hydrogen-bond donors (Lipinski definition) is 0. The van der Waals surface area contributed by atoms with E-state index in [1.165, 1.54) is 6.07 Å². The van der Waals surface area contributed by atoms with Crippen LogP contribution in [0.3, 0.4) is 0 Å². The summed E-state index contributed by atoms with van der Waals surface area (Å²) in [5, 5.41) is 27.1. The van der Waals surface area contributed by atoms with Crippen LogP contribution in [0.1, 0.15) is 29.5 Å². The lowest BCUT2D eigenvalue weighted by atomic mass is 10.0. The second-order valence-electron chi connectivity index (χ2n) is 3.95. The predicted octanol–water partition coefficient (Wildman–Crippen LogP) is 1.90. The Bertz CT molecular complexity index is 563. The Morgan fingerprint density at radius 2 is 1.65 bits per heavy atom. The Hall–Kier alpha value is -2.51. The van der Waals surface area contributed by atoms with Gasteiger partial charge in [0.2, 0.25) is 0 Å². The highest BCUT2D eigenvalue weighted by Crippen LogP contribution is 2.28. The standard InChI is InChI=1S/C13H10N4/c14-7-10-5-11(8-15)12(9-16)13(6-10)17-3-1-2-4-17/h5-6H,1-4H2. The van der Waals surface area contributed by atoms with Crippen LogP contribution in [0.5, 0.6) is 0 Å². The van der Waals surface area contributed by atoms with E-state index in [4.69, 9.17) is 15.8 Å². The van der Waals surface area contributed by atoms with Crippen molar-refractivity contribution in [2.75, 3.05) is 18.0 Å². The second kappa shape index (κ2) is 4.56. The Balaban J connectivity index is 2.60. The molecule has 1 fully saturated rings. The average molecular weight is 222 g/mol. The molecule has 1 heterocycles. The van der Waals surface area contributed by atoms with Gasteiger partial charge in [-0.05, 0) is 25.0 Å². The molecule has 0 amide bonds. The quantitative estimate of drug-likeness (QED) is 0.727. The highest BCUT2D eigenvalue weighted by Gasteiger charge is 2.19. The van der Waals surface area contributed by atoms with Gasteiger partial charge in [-0.15, -0.1) is 0 Å². The Morgan fingerprint density at radius 3 is 2.18 bits per heavy atom. The van der Waals surface area contributed by atoms with E-state index in [0.29, 0.717) is 11.1 Å². The molecule has 17 heavy (non-hydrogen) atoms. The van der Waals surface area contributed by atoms with Crippen molar-refractivity contribution >= 4 is 5.69 Å². The largest absolute Gasteiger partial charge is 0.370 e. The van der Waals surface area contributed by atoms with Crippen molar-refractivity contribution in [3.05, 3.63) is 28.8 Å². The number of hydrogen-bond acceptors (Lipinski definition) is 4. The van der Waals surface area contributed by atoms with Gasteiger partial charge in [0.25, 0.3) is 0 Å². The van der Waals surface area contributed by atoms with Crippen molar-refractivity contribution in [1.82, 2.24) is 0 Å². The van der Waals surface area contributed by atoms with E-state index in [0.717, 1.165) is 31.6 Å². The molecule has 4 nitrogen and oxygen atoms in total. The fraction of sp³-hybridized carbons (Fsp3) is 0.308. The van der Waals surface area contributed by atoms with Gasteiger partial charge in [-0.1, -0.05) is 0 Å². The summed E-state index contributed by atoms with van der Waals surface area (Å²) in [6, 6.07) is 9.25. The molecule has 0 atom stereocenters. The molecule has 1 aliphatic rings. The lowest BCUT2D eigenvalue weighted by Crippen LogP contribution is -2.19. The smallest absolute Gasteiger partial charge is 0.103 e. The van der Waals surface area contributed by atoms with Crippen LogP contribution in [-0.2, 0) is 0 Å². The van der Waals surface area contributed by atoms with Gasteiger partial charge >= 0.3 is 0 Å². The molecule has 0 bridgehead atoms. The molecule has 1 aromatic rings. The average Bonchev–Trinajstić information content (AvgIpc) is 2.90. The van der Waals surface area contributed by atoms with Crippen molar-refractivity contribution in [3.63, 3.8) is 0 Å². The van der Waals surface area contributed by atoms with E-state index in [9.17, 15) is 0 Å². The first-order valence-electron chi connectivity index (χ1n) is 5.43. The molecule has 1 aliphatic heterocycles. The molecule has 1 aromatic carbocycles. The van der Waals surface area contributed by atoms with Crippen LogP contribution in [0.25, 0.3) is 0 Å². The SMILES string of the molecule is N#Cc1cc(C#N)c(C#N)c(N2CCCC2)c1. The van der Waals surface area contributed by atoms with Gasteiger partial charge in [-0.3, -0.25) is 0 Å². The molecule has 82 valence electrons. The minimum absolute atomic E-state index is 0.286. The van der Waals surface area contributed by atoms with Gasteiger partial charge in [0.05, 0.1) is 28.4 Å². The Morgan fingerprint density at radius 1 is 0.941 bits per heavy atom. The zero-order valence-corrected chi connectivity index (χ0v) is 9.27. The zero-order valence-electron chi connectivity index (χ0n) is 9.27. The molecule has 0 radical (unpaired) electrons. The summed E-state index contributed by atoms with van der Waals surface area (Å²) in [6.45, 7) is 1.77. The lowest BCUT2D eigenvalue weighted by molar-refractivity contribution is 0.949. The third-order valence-electron chi connectivity index (χ3n) is 2.93. The van der Waals surface area contributed by atoms with Crippen LogP contribution >= 0.6 is 0 Å². The summed E-state index contributed by atoms with van der Waals surface area (Å²) in [7, 11) is 0. The van der Waals surface area contributed by atoms with Crippen LogP contribution in [0.4, 0.5) is 5.69 Å². The van der Waals surface area contributed by atoms with Gasteiger partial charge in [-0.2, -0.15) is 15.8 Å². The molecule has 0 saturated carbocycles. The topological polar surface area (TPSA) is 74.6 Å². The van der Waals surface area contributed by atoms with E-state index in [-0.39, 0.29) is 5.56 Å². The molecule has 2 rings (SSSR count). The monoisotopic (exact) mass is 222 g/mol. The van der Waals surface area contributed by atoms with Crippen LogP contribution in [0.2, 0.25) is 0 Å². The van der Waals surface area contributed by atoms with Crippen molar-refractivity contribution in [2.24, 2.45) is 0 Å². The summed E-state index contributed by atoms with van der Waals surface area (Å²) in [6.07, 6.45) is 2.17. The fourth-order valence-corrected chi connectivity index (χ4v) is 2.10. The fourth-order valence-electron chi connectivity index (χ4n) is 2.10. The highest BCUT2D eigenvalue weighted by atomic mass is 15.1. The number of nitrogens with zero attached hydrogens (tertiary/aromatic N) is 4. The molecule has 0 unspecified atom stereocenters. The summed E-state index contributed by atoms with van der Waals surface area (Å²) >= 11 is 0. The first-order chi connectivity index (χ1) is 8.30. The van der Waals surface area contributed by atoms with Crippen molar-refractivity contribution in [3.8, 4) is 18.2 Å². The van der Waals surface area contributed by atoms with Gasteiger partial charge in [0.15, 0.2) is 0 Å². The molecule has 1 saturated heterocycles. The molecular weight excluding hydrogens is 212 g/mol. The van der Waals surface area contributed by atoms with Crippen molar-refractivity contribution in [1.29, 1.82) is 15.8 Å². The summed E-state index contributed by atoms with van der Waals surface area (Å²) < 4.78 is 0. The van der Waals surface area contributed by atoms with Gasteiger partial charge in [0, 0.05) is 13.1 Å². The van der Waals surface area contributed by atoms with E-state index >= 15 is 0 Å². The third-order valence-corrected chi connectivity index (χ3v) is 2.93. The first kappa shape index (κ1) is 11.0. The third kappa shape index (κ3) is 1.92. The van der Waals surface area contributed by atoms with Gasteiger partial charge in [-0.25, -0.2) is 0 Å². The molecule has 0 aliphatic carbocycles. The number of nitriles is 3.